The van der Waals surface area contributed by atoms with Crippen LogP contribution in [0.15, 0.2) is 18.2 Å². The predicted octanol–water partition coefficient (Wildman–Crippen LogP) is 1.01. The Morgan fingerprint density at radius 1 is 1.57 bits per heavy atom. The van der Waals surface area contributed by atoms with Crippen LogP contribution in [-0.2, 0) is 0 Å². The van der Waals surface area contributed by atoms with E-state index in [-0.39, 0.29) is 11.3 Å². The Hall–Kier alpha value is -2.13. The number of nitro groups is 1. The molecule has 0 bridgehead atoms. The SMILES string of the molecule is CNNc1ccc(C#N)cc1[N+](=O)[O-]. The molecule has 0 aliphatic carbocycles. The number of hydrogen-bond donors (Lipinski definition) is 2. The first kappa shape index (κ1) is 9.95. The largest absolute Gasteiger partial charge is 0.316 e. The molecule has 1 rings (SSSR count). The lowest BCUT2D eigenvalue weighted by molar-refractivity contribution is -0.384. The van der Waals surface area contributed by atoms with Crippen LogP contribution in [0.25, 0.3) is 0 Å². The summed E-state index contributed by atoms with van der Waals surface area (Å²) in [5.41, 5.74) is 5.65. The molecule has 0 fully saturated rings. The minimum absolute atomic E-state index is 0.126. The van der Waals surface area contributed by atoms with Gasteiger partial charge in [0, 0.05) is 13.1 Å². The highest BCUT2D eigenvalue weighted by Gasteiger charge is 2.13. The average molecular weight is 192 g/mol. The first-order chi connectivity index (χ1) is 6.69. The molecule has 0 saturated carbocycles. The van der Waals surface area contributed by atoms with Crippen LogP contribution in [0.2, 0.25) is 0 Å². The lowest BCUT2D eigenvalue weighted by atomic mass is 10.2. The van der Waals surface area contributed by atoms with Crippen LogP contribution in [-0.4, -0.2) is 12.0 Å². The van der Waals surface area contributed by atoms with Gasteiger partial charge in [-0.05, 0) is 12.1 Å². The molecule has 0 unspecified atom stereocenters. The number of nitrogens with zero attached hydrogens (tertiary/aromatic N) is 2. The van der Waals surface area contributed by atoms with Crippen LogP contribution in [0.3, 0.4) is 0 Å². The first-order valence-electron chi connectivity index (χ1n) is 3.80. The molecule has 0 atom stereocenters. The number of nitro benzene ring substituents is 1. The van der Waals surface area contributed by atoms with Crippen molar-refractivity contribution in [2.45, 2.75) is 0 Å². The third-order valence-electron chi connectivity index (χ3n) is 1.58. The third kappa shape index (κ3) is 1.97. The molecule has 6 heteroatoms. The zero-order chi connectivity index (χ0) is 10.6. The smallest absolute Gasteiger partial charge is 0.294 e. The molecule has 6 nitrogen and oxygen atoms in total. The van der Waals surface area contributed by atoms with Crippen molar-refractivity contribution in [3.05, 3.63) is 33.9 Å². The number of anilines is 1. The summed E-state index contributed by atoms with van der Waals surface area (Å²) in [6.07, 6.45) is 0. The summed E-state index contributed by atoms with van der Waals surface area (Å²) in [6, 6.07) is 6.05. The molecule has 14 heavy (non-hydrogen) atoms. The van der Waals surface area contributed by atoms with Gasteiger partial charge in [0.2, 0.25) is 0 Å². The highest BCUT2D eigenvalue weighted by molar-refractivity contribution is 5.63. The van der Waals surface area contributed by atoms with Crippen molar-refractivity contribution in [3.8, 4) is 6.07 Å². The number of hydrogen-bond acceptors (Lipinski definition) is 5. The monoisotopic (exact) mass is 192 g/mol. The third-order valence-corrected chi connectivity index (χ3v) is 1.58. The van der Waals surface area contributed by atoms with E-state index in [4.69, 9.17) is 5.26 Å². The molecule has 72 valence electrons. The van der Waals surface area contributed by atoms with Crippen molar-refractivity contribution < 1.29 is 4.92 Å². The van der Waals surface area contributed by atoms with Crippen molar-refractivity contribution >= 4 is 11.4 Å². The highest BCUT2D eigenvalue weighted by atomic mass is 16.6. The fourth-order valence-corrected chi connectivity index (χ4v) is 0.993. The lowest BCUT2D eigenvalue weighted by Crippen LogP contribution is -2.16. The molecule has 0 radical (unpaired) electrons. The van der Waals surface area contributed by atoms with E-state index in [0.29, 0.717) is 5.69 Å². The van der Waals surface area contributed by atoms with Crippen LogP contribution < -0.4 is 10.9 Å². The van der Waals surface area contributed by atoms with E-state index < -0.39 is 4.92 Å². The standard InChI is InChI=1S/C8H8N4O2/c1-10-11-7-3-2-6(5-9)4-8(7)12(13)14/h2-4,10-11H,1H3. The summed E-state index contributed by atoms with van der Waals surface area (Å²) in [7, 11) is 1.60. The molecular weight excluding hydrogens is 184 g/mol. The highest BCUT2D eigenvalue weighted by Crippen LogP contribution is 2.24. The molecule has 1 aromatic carbocycles. The topological polar surface area (TPSA) is 91.0 Å². The van der Waals surface area contributed by atoms with Gasteiger partial charge in [0.05, 0.1) is 16.6 Å². The Bertz CT molecular complexity index is 397. The van der Waals surface area contributed by atoms with Crippen LogP contribution in [0.1, 0.15) is 5.56 Å². The molecule has 0 saturated heterocycles. The quantitative estimate of drug-likeness (QED) is 0.551. The maximum Gasteiger partial charge on any atom is 0.294 e. The van der Waals surface area contributed by atoms with E-state index >= 15 is 0 Å². The second-order valence-corrected chi connectivity index (χ2v) is 2.48. The summed E-state index contributed by atoms with van der Waals surface area (Å²) in [4.78, 5) is 10.1. The minimum atomic E-state index is -0.541. The summed E-state index contributed by atoms with van der Waals surface area (Å²) < 4.78 is 0. The zero-order valence-corrected chi connectivity index (χ0v) is 7.44. The van der Waals surface area contributed by atoms with Gasteiger partial charge in [-0.2, -0.15) is 5.26 Å². The molecule has 0 heterocycles. The van der Waals surface area contributed by atoms with Crippen molar-refractivity contribution in [2.24, 2.45) is 0 Å². The fourth-order valence-electron chi connectivity index (χ4n) is 0.993. The Labute approximate surface area is 80.3 Å². The van der Waals surface area contributed by atoms with Gasteiger partial charge in [-0.25, -0.2) is 5.43 Å². The first-order valence-corrected chi connectivity index (χ1v) is 3.80. The van der Waals surface area contributed by atoms with Gasteiger partial charge in [0.25, 0.3) is 5.69 Å². The van der Waals surface area contributed by atoms with Gasteiger partial charge in [0.1, 0.15) is 5.69 Å². The van der Waals surface area contributed by atoms with E-state index in [1.165, 1.54) is 18.2 Å². The van der Waals surface area contributed by atoms with Gasteiger partial charge < -0.3 is 5.43 Å². The van der Waals surface area contributed by atoms with E-state index in [2.05, 4.69) is 10.9 Å². The van der Waals surface area contributed by atoms with Crippen LogP contribution in [0.4, 0.5) is 11.4 Å². The number of nitriles is 1. The van der Waals surface area contributed by atoms with Crippen molar-refractivity contribution in [2.75, 3.05) is 12.5 Å². The second kappa shape index (κ2) is 4.20. The van der Waals surface area contributed by atoms with Gasteiger partial charge in [-0.1, -0.05) is 0 Å². The van der Waals surface area contributed by atoms with Crippen molar-refractivity contribution in [1.29, 1.82) is 5.26 Å². The fraction of sp³-hybridized carbons (Fsp3) is 0.125. The molecule has 0 aliphatic rings. The van der Waals surface area contributed by atoms with Gasteiger partial charge in [-0.3, -0.25) is 10.1 Å². The Morgan fingerprint density at radius 3 is 2.79 bits per heavy atom. The number of hydrazine groups is 1. The van der Waals surface area contributed by atoms with Crippen molar-refractivity contribution in [1.82, 2.24) is 5.43 Å². The molecule has 2 N–H and O–H groups in total. The lowest BCUT2D eigenvalue weighted by Gasteiger charge is -2.04. The number of benzene rings is 1. The molecule has 1 aromatic rings. The number of nitrogens with one attached hydrogen (secondary N) is 2. The average Bonchev–Trinajstić information content (AvgIpc) is 2.18. The van der Waals surface area contributed by atoms with Crippen molar-refractivity contribution in [3.63, 3.8) is 0 Å². The maximum absolute atomic E-state index is 10.6. The van der Waals surface area contributed by atoms with E-state index in [0.717, 1.165) is 0 Å². The Kier molecular flexibility index (Phi) is 2.99. The molecule has 0 amide bonds. The molecule has 0 aromatic heterocycles. The van der Waals surface area contributed by atoms with Crippen LogP contribution >= 0.6 is 0 Å². The second-order valence-electron chi connectivity index (χ2n) is 2.48. The predicted molar refractivity (Wildman–Crippen MR) is 50.5 cm³/mol. The maximum atomic E-state index is 10.6. The van der Waals surface area contributed by atoms with Gasteiger partial charge >= 0.3 is 0 Å². The van der Waals surface area contributed by atoms with Gasteiger partial charge in [-0.15, -0.1) is 0 Å². The van der Waals surface area contributed by atoms with Crippen LogP contribution in [0.5, 0.6) is 0 Å². The van der Waals surface area contributed by atoms with E-state index in [9.17, 15) is 10.1 Å². The molecule has 0 aliphatic heterocycles. The van der Waals surface area contributed by atoms with E-state index in [1.807, 2.05) is 6.07 Å². The summed E-state index contributed by atoms with van der Waals surface area (Å²) in [6.45, 7) is 0. The Morgan fingerprint density at radius 2 is 2.29 bits per heavy atom. The summed E-state index contributed by atoms with van der Waals surface area (Å²) in [5, 5.41) is 19.1. The Balaban J connectivity index is 3.18. The minimum Gasteiger partial charge on any atom is -0.316 e. The van der Waals surface area contributed by atoms with Gasteiger partial charge in [0.15, 0.2) is 0 Å². The normalized spacial score (nSPS) is 9.14. The zero-order valence-electron chi connectivity index (χ0n) is 7.44. The van der Waals surface area contributed by atoms with Crippen LogP contribution in [0, 0.1) is 21.4 Å². The summed E-state index contributed by atoms with van der Waals surface area (Å²) in [5.74, 6) is 0. The molecule has 0 spiro atoms. The molecular formula is C8H8N4O2. The number of rotatable bonds is 3. The van der Waals surface area contributed by atoms with E-state index in [1.54, 1.807) is 7.05 Å². The summed E-state index contributed by atoms with van der Waals surface area (Å²) >= 11 is 0.